The number of benzene rings is 1. The van der Waals surface area contributed by atoms with Gasteiger partial charge in [-0.25, -0.2) is 0 Å². The van der Waals surface area contributed by atoms with Crippen molar-refractivity contribution >= 4 is 29.1 Å². The molecule has 2 fully saturated rings. The van der Waals surface area contributed by atoms with Crippen molar-refractivity contribution in [2.45, 2.75) is 19.3 Å². The Labute approximate surface area is 159 Å². The zero-order valence-electron chi connectivity index (χ0n) is 15.0. The number of rotatable bonds is 6. The fraction of sp³-hybridized carbons (Fsp3) is 0.579. The molecule has 1 atom stereocenters. The Morgan fingerprint density at radius 3 is 2.85 bits per heavy atom. The Kier molecular flexibility index (Phi) is 6.88. The lowest BCUT2D eigenvalue weighted by Gasteiger charge is -2.33. The van der Waals surface area contributed by atoms with Crippen LogP contribution in [0.2, 0.25) is 5.02 Å². The molecule has 0 aromatic heterocycles. The molecular weight excluding hydrogens is 354 g/mol. The Hall–Kier alpha value is -1.63. The Balaban J connectivity index is 1.47. The number of carbonyl (C=O) groups excluding carboxylic acids is 2. The molecule has 6 nitrogen and oxygen atoms in total. The smallest absolute Gasteiger partial charge is 0.229 e. The van der Waals surface area contributed by atoms with E-state index in [1.807, 2.05) is 11.0 Å². The zero-order valence-corrected chi connectivity index (χ0v) is 15.7. The second-order valence-corrected chi connectivity index (χ2v) is 7.32. The van der Waals surface area contributed by atoms with Crippen LogP contribution in [0.25, 0.3) is 0 Å². The number of ether oxygens (including phenoxy) is 1. The highest BCUT2D eigenvalue weighted by molar-refractivity contribution is 6.30. The zero-order chi connectivity index (χ0) is 18.4. The molecule has 1 aromatic carbocycles. The van der Waals surface area contributed by atoms with Gasteiger partial charge in [-0.3, -0.25) is 14.5 Å². The van der Waals surface area contributed by atoms with Crippen molar-refractivity contribution in [1.82, 2.24) is 9.80 Å². The monoisotopic (exact) mass is 379 g/mol. The van der Waals surface area contributed by atoms with Gasteiger partial charge < -0.3 is 15.0 Å². The molecule has 1 aromatic rings. The number of hydrogen-bond donors (Lipinski definition) is 1. The predicted molar refractivity (Wildman–Crippen MR) is 101 cm³/mol. The fourth-order valence-electron chi connectivity index (χ4n) is 3.47. The molecule has 1 unspecified atom stereocenters. The average molecular weight is 380 g/mol. The summed E-state index contributed by atoms with van der Waals surface area (Å²) in [5, 5.41) is 3.50. The largest absolute Gasteiger partial charge is 0.379 e. The second-order valence-electron chi connectivity index (χ2n) is 6.88. The van der Waals surface area contributed by atoms with E-state index in [-0.39, 0.29) is 17.7 Å². The van der Waals surface area contributed by atoms with Crippen molar-refractivity contribution in [2.75, 3.05) is 51.3 Å². The van der Waals surface area contributed by atoms with Crippen LogP contribution in [0.4, 0.5) is 5.69 Å². The minimum Gasteiger partial charge on any atom is -0.379 e. The molecule has 2 amide bonds. The van der Waals surface area contributed by atoms with E-state index in [2.05, 4.69) is 10.2 Å². The molecule has 2 aliphatic heterocycles. The number of nitrogens with one attached hydrogen (secondary N) is 1. The van der Waals surface area contributed by atoms with E-state index < -0.39 is 0 Å². The van der Waals surface area contributed by atoms with Gasteiger partial charge in [-0.15, -0.1) is 0 Å². The summed E-state index contributed by atoms with van der Waals surface area (Å²) in [6, 6.07) is 7.12. The van der Waals surface area contributed by atoms with Gasteiger partial charge in [0.2, 0.25) is 11.8 Å². The van der Waals surface area contributed by atoms with E-state index in [1.165, 1.54) is 0 Å². The van der Waals surface area contributed by atoms with E-state index in [4.69, 9.17) is 16.3 Å². The molecular formula is C19H26ClN3O3. The van der Waals surface area contributed by atoms with Crippen molar-refractivity contribution < 1.29 is 14.3 Å². The number of carbonyl (C=O) groups is 2. The van der Waals surface area contributed by atoms with Gasteiger partial charge in [-0.05, 0) is 31.0 Å². The number of likely N-dealkylation sites (tertiary alicyclic amines) is 1. The molecule has 3 rings (SSSR count). The molecule has 7 heteroatoms. The molecule has 0 bridgehead atoms. The summed E-state index contributed by atoms with van der Waals surface area (Å²) in [7, 11) is 0. The van der Waals surface area contributed by atoms with Crippen LogP contribution >= 0.6 is 11.6 Å². The van der Waals surface area contributed by atoms with Crippen LogP contribution in [0.15, 0.2) is 24.3 Å². The number of hydrogen-bond acceptors (Lipinski definition) is 4. The maximum atomic E-state index is 12.5. The normalized spacial score (nSPS) is 21.7. The van der Waals surface area contributed by atoms with Crippen LogP contribution in [-0.4, -0.2) is 67.6 Å². The molecule has 2 saturated heterocycles. The van der Waals surface area contributed by atoms with E-state index >= 15 is 0 Å². The third kappa shape index (κ3) is 5.43. The SMILES string of the molecule is O=C(Nc1cccc(Cl)c1)C1CCC(=O)N(CCCN2CCOCC2)C1. The second kappa shape index (κ2) is 9.35. The van der Waals surface area contributed by atoms with Crippen molar-refractivity contribution in [3.8, 4) is 0 Å². The molecule has 2 heterocycles. The van der Waals surface area contributed by atoms with Crippen molar-refractivity contribution in [2.24, 2.45) is 5.92 Å². The van der Waals surface area contributed by atoms with Gasteiger partial charge in [0.25, 0.3) is 0 Å². The van der Waals surface area contributed by atoms with Gasteiger partial charge in [0.05, 0.1) is 19.1 Å². The summed E-state index contributed by atoms with van der Waals surface area (Å²) in [6.07, 6.45) is 1.96. The van der Waals surface area contributed by atoms with Crippen molar-refractivity contribution in [3.05, 3.63) is 29.3 Å². The van der Waals surface area contributed by atoms with E-state index in [1.54, 1.807) is 18.2 Å². The van der Waals surface area contributed by atoms with Crippen LogP contribution in [0, 0.1) is 5.92 Å². The maximum absolute atomic E-state index is 12.5. The number of anilines is 1. The highest BCUT2D eigenvalue weighted by Gasteiger charge is 2.30. The molecule has 0 radical (unpaired) electrons. The van der Waals surface area contributed by atoms with Crippen LogP contribution in [0.1, 0.15) is 19.3 Å². The van der Waals surface area contributed by atoms with Gasteiger partial charge in [-0.2, -0.15) is 0 Å². The molecule has 2 aliphatic rings. The summed E-state index contributed by atoms with van der Waals surface area (Å²) in [5.41, 5.74) is 0.693. The number of amides is 2. The Bertz CT molecular complexity index is 634. The first kappa shape index (κ1) is 19.1. The summed E-state index contributed by atoms with van der Waals surface area (Å²) in [5.74, 6) is -0.0632. The van der Waals surface area contributed by atoms with Crippen LogP contribution in [-0.2, 0) is 14.3 Å². The molecule has 0 saturated carbocycles. The summed E-state index contributed by atoms with van der Waals surface area (Å²) in [4.78, 5) is 28.9. The first-order chi connectivity index (χ1) is 12.6. The van der Waals surface area contributed by atoms with Gasteiger partial charge in [-0.1, -0.05) is 17.7 Å². The lowest BCUT2D eigenvalue weighted by atomic mass is 9.96. The highest BCUT2D eigenvalue weighted by atomic mass is 35.5. The fourth-order valence-corrected chi connectivity index (χ4v) is 3.66. The van der Waals surface area contributed by atoms with E-state index in [0.29, 0.717) is 36.6 Å². The summed E-state index contributed by atoms with van der Waals surface area (Å²) >= 11 is 5.96. The number of nitrogens with zero attached hydrogens (tertiary/aromatic N) is 2. The van der Waals surface area contributed by atoms with Gasteiger partial charge in [0.1, 0.15) is 0 Å². The number of halogens is 1. The summed E-state index contributed by atoms with van der Waals surface area (Å²) in [6.45, 7) is 5.65. The molecule has 0 spiro atoms. The van der Waals surface area contributed by atoms with Crippen LogP contribution < -0.4 is 5.32 Å². The average Bonchev–Trinajstić information content (AvgIpc) is 2.64. The van der Waals surface area contributed by atoms with E-state index in [0.717, 1.165) is 39.3 Å². The lowest BCUT2D eigenvalue weighted by Crippen LogP contribution is -2.45. The molecule has 142 valence electrons. The third-order valence-corrected chi connectivity index (χ3v) is 5.20. The molecule has 0 aliphatic carbocycles. The summed E-state index contributed by atoms with van der Waals surface area (Å²) < 4.78 is 5.35. The predicted octanol–water partition coefficient (Wildman–Crippen LogP) is 2.24. The quantitative estimate of drug-likeness (QED) is 0.823. The maximum Gasteiger partial charge on any atom is 0.229 e. The minimum atomic E-state index is -0.171. The molecule has 1 N–H and O–H groups in total. The van der Waals surface area contributed by atoms with Crippen molar-refractivity contribution in [1.29, 1.82) is 0 Å². The van der Waals surface area contributed by atoms with Crippen LogP contribution in [0.5, 0.6) is 0 Å². The third-order valence-electron chi connectivity index (χ3n) is 4.97. The topological polar surface area (TPSA) is 61.9 Å². The highest BCUT2D eigenvalue weighted by Crippen LogP contribution is 2.21. The Morgan fingerprint density at radius 1 is 1.27 bits per heavy atom. The first-order valence-corrected chi connectivity index (χ1v) is 9.64. The van der Waals surface area contributed by atoms with Gasteiger partial charge >= 0.3 is 0 Å². The van der Waals surface area contributed by atoms with Crippen molar-refractivity contribution in [3.63, 3.8) is 0 Å². The molecule has 26 heavy (non-hydrogen) atoms. The number of piperidine rings is 1. The van der Waals surface area contributed by atoms with E-state index in [9.17, 15) is 9.59 Å². The van der Waals surface area contributed by atoms with Crippen LogP contribution in [0.3, 0.4) is 0 Å². The number of morpholine rings is 1. The minimum absolute atomic E-state index is 0.0436. The lowest BCUT2D eigenvalue weighted by molar-refractivity contribution is -0.137. The Morgan fingerprint density at radius 2 is 2.08 bits per heavy atom. The van der Waals surface area contributed by atoms with Gasteiger partial charge in [0, 0.05) is 49.9 Å². The van der Waals surface area contributed by atoms with Gasteiger partial charge in [0.15, 0.2) is 0 Å². The first-order valence-electron chi connectivity index (χ1n) is 9.26. The standard InChI is InChI=1S/C19H26ClN3O3/c20-16-3-1-4-17(13-16)21-19(25)15-5-6-18(24)23(14-15)8-2-7-22-9-11-26-12-10-22/h1,3-4,13,15H,2,5-12,14H2,(H,21,25).